The van der Waals surface area contributed by atoms with Crippen LogP contribution in [0.3, 0.4) is 0 Å². The molecule has 0 heterocycles. The van der Waals surface area contributed by atoms with E-state index in [2.05, 4.69) is 5.32 Å². The third-order valence-electron chi connectivity index (χ3n) is 2.78. The summed E-state index contributed by atoms with van der Waals surface area (Å²) in [7, 11) is 1.77. The summed E-state index contributed by atoms with van der Waals surface area (Å²) in [5.41, 5.74) is 7.48. The molecule has 0 spiro atoms. The van der Waals surface area contributed by atoms with Crippen molar-refractivity contribution in [3.05, 3.63) is 23.8 Å². The topological polar surface area (TPSA) is 84.7 Å². The molecule has 0 aliphatic rings. The normalized spacial score (nSPS) is 10.3. The van der Waals surface area contributed by atoms with Gasteiger partial charge in [0.15, 0.2) is 0 Å². The van der Waals surface area contributed by atoms with Gasteiger partial charge in [0.2, 0.25) is 5.91 Å². The molecule has 0 saturated heterocycles. The van der Waals surface area contributed by atoms with Gasteiger partial charge >= 0.3 is 5.97 Å². The lowest BCUT2D eigenvalue weighted by Crippen LogP contribution is -2.38. The number of nitrogens with one attached hydrogen (secondary N) is 1. The van der Waals surface area contributed by atoms with Gasteiger partial charge in [-0.3, -0.25) is 4.79 Å². The predicted molar refractivity (Wildman–Crippen MR) is 83.4 cm³/mol. The van der Waals surface area contributed by atoms with Gasteiger partial charge in [-0.25, -0.2) is 4.79 Å². The number of amides is 1. The molecule has 1 amide bonds. The number of nitrogens with two attached hydrogens (primary N) is 1. The van der Waals surface area contributed by atoms with E-state index in [1.165, 1.54) is 0 Å². The average Bonchev–Trinajstić information content (AvgIpc) is 2.37. The van der Waals surface area contributed by atoms with Crippen molar-refractivity contribution in [2.75, 3.05) is 30.8 Å². The lowest BCUT2D eigenvalue weighted by molar-refractivity contribution is -0.120. The fraction of sp³-hybridized carbons (Fsp3) is 0.467. The average molecular weight is 293 g/mol. The number of hydrogen-bond donors (Lipinski definition) is 2. The predicted octanol–water partition coefficient (Wildman–Crippen LogP) is 1.41. The highest BCUT2D eigenvalue weighted by molar-refractivity contribution is 5.92. The zero-order chi connectivity index (χ0) is 16.0. The minimum atomic E-state index is -0.407. The van der Waals surface area contributed by atoms with Crippen LogP contribution in [0.25, 0.3) is 0 Å². The van der Waals surface area contributed by atoms with E-state index in [0.717, 1.165) is 0 Å². The van der Waals surface area contributed by atoms with Crippen LogP contribution in [0.4, 0.5) is 11.4 Å². The lowest BCUT2D eigenvalue weighted by atomic mass is 10.1. The number of carbonyl (C=O) groups excluding carboxylic acids is 2. The number of nitrogen functional groups attached to an aromatic ring is 1. The molecule has 3 N–H and O–H groups in total. The molecule has 0 radical (unpaired) electrons. The van der Waals surface area contributed by atoms with E-state index < -0.39 is 5.97 Å². The van der Waals surface area contributed by atoms with Gasteiger partial charge in [0.25, 0.3) is 0 Å². The Kier molecular flexibility index (Phi) is 6.02. The molecule has 0 aliphatic heterocycles. The third kappa shape index (κ3) is 4.98. The van der Waals surface area contributed by atoms with Crippen LogP contribution in [0.1, 0.15) is 31.1 Å². The summed E-state index contributed by atoms with van der Waals surface area (Å²) in [6.45, 7) is 6.06. The number of esters is 1. The summed E-state index contributed by atoms with van der Waals surface area (Å²) in [4.78, 5) is 25.1. The van der Waals surface area contributed by atoms with Crippen molar-refractivity contribution >= 4 is 23.3 Å². The Morgan fingerprint density at radius 3 is 2.57 bits per heavy atom. The highest BCUT2D eigenvalue weighted by Gasteiger charge is 2.13. The molecule has 0 unspecified atom stereocenters. The van der Waals surface area contributed by atoms with E-state index in [4.69, 9.17) is 10.5 Å². The van der Waals surface area contributed by atoms with Gasteiger partial charge in [-0.15, -0.1) is 0 Å². The van der Waals surface area contributed by atoms with Crippen LogP contribution in [0, 0.1) is 0 Å². The maximum absolute atomic E-state index is 11.7. The van der Waals surface area contributed by atoms with E-state index >= 15 is 0 Å². The lowest BCUT2D eigenvalue weighted by Gasteiger charge is -2.21. The molecule has 1 aromatic carbocycles. The molecule has 0 saturated carbocycles. The van der Waals surface area contributed by atoms with Crippen molar-refractivity contribution < 1.29 is 14.3 Å². The summed E-state index contributed by atoms with van der Waals surface area (Å²) in [6, 6.07) is 5.00. The minimum Gasteiger partial charge on any atom is -0.462 e. The van der Waals surface area contributed by atoms with Crippen LogP contribution in [-0.4, -0.2) is 38.1 Å². The number of carbonyl (C=O) groups is 2. The van der Waals surface area contributed by atoms with Gasteiger partial charge < -0.3 is 20.7 Å². The van der Waals surface area contributed by atoms with Crippen LogP contribution in [0.2, 0.25) is 0 Å². The Morgan fingerprint density at radius 1 is 1.38 bits per heavy atom. The molecule has 21 heavy (non-hydrogen) atoms. The zero-order valence-electron chi connectivity index (χ0n) is 13.0. The molecule has 1 rings (SSSR count). The van der Waals surface area contributed by atoms with E-state index in [0.29, 0.717) is 23.5 Å². The molecular formula is C15H23N3O3. The second-order valence-electron chi connectivity index (χ2n) is 5.07. The first-order valence-electron chi connectivity index (χ1n) is 6.92. The van der Waals surface area contributed by atoms with E-state index in [9.17, 15) is 9.59 Å². The molecule has 6 nitrogen and oxygen atoms in total. The Bertz CT molecular complexity index is 515. The summed E-state index contributed by atoms with van der Waals surface area (Å²) in [5.74, 6) is -0.489. The van der Waals surface area contributed by atoms with Crippen LogP contribution in [0.5, 0.6) is 0 Å². The Morgan fingerprint density at radius 2 is 2.05 bits per heavy atom. The van der Waals surface area contributed by atoms with E-state index in [-0.39, 0.29) is 18.5 Å². The molecule has 116 valence electrons. The molecule has 6 heteroatoms. The number of benzene rings is 1. The second kappa shape index (κ2) is 7.52. The van der Waals surface area contributed by atoms with Crippen LogP contribution >= 0.6 is 0 Å². The van der Waals surface area contributed by atoms with Gasteiger partial charge in [-0.1, -0.05) is 0 Å². The largest absolute Gasteiger partial charge is 0.462 e. The maximum Gasteiger partial charge on any atom is 0.338 e. The monoisotopic (exact) mass is 293 g/mol. The fourth-order valence-electron chi connectivity index (χ4n) is 1.91. The Balaban J connectivity index is 2.79. The Hall–Kier alpha value is -2.24. The molecule has 0 aromatic heterocycles. The van der Waals surface area contributed by atoms with Gasteiger partial charge in [-0.05, 0) is 39.0 Å². The van der Waals surface area contributed by atoms with Gasteiger partial charge in [-0.2, -0.15) is 0 Å². The first kappa shape index (κ1) is 16.8. The first-order chi connectivity index (χ1) is 9.85. The molecule has 0 atom stereocenters. The number of nitrogens with zero attached hydrogens (tertiary/aromatic N) is 1. The maximum atomic E-state index is 11.7. The third-order valence-corrected chi connectivity index (χ3v) is 2.78. The van der Waals surface area contributed by atoms with Crippen molar-refractivity contribution in [2.45, 2.75) is 26.8 Å². The number of rotatable bonds is 6. The first-order valence-corrected chi connectivity index (χ1v) is 6.92. The summed E-state index contributed by atoms with van der Waals surface area (Å²) in [6.07, 6.45) is 0. The molecular weight excluding hydrogens is 270 g/mol. The summed E-state index contributed by atoms with van der Waals surface area (Å²) < 4.78 is 4.92. The van der Waals surface area contributed by atoms with Gasteiger partial charge in [0.05, 0.1) is 30.1 Å². The number of ether oxygens (including phenoxy) is 1. The van der Waals surface area contributed by atoms with Crippen LogP contribution in [-0.2, 0) is 9.53 Å². The number of anilines is 2. The van der Waals surface area contributed by atoms with Crippen molar-refractivity contribution in [1.29, 1.82) is 0 Å². The number of hydrogen-bond acceptors (Lipinski definition) is 5. The molecule has 1 aromatic rings. The van der Waals surface area contributed by atoms with Crippen molar-refractivity contribution in [2.24, 2.45) is 0 Å². The summed E-state index contributed by atoms with van der Waals surface area (Å²) in [5, 5.41) is 2.81. The molecule has 0 fully saturated rings. The highest BCUT2D eigenvalue weighted by Crippen LogP contribution is 2.23. The SMILES string of the molecule is CCOC(=O)c1ccc(N(C)CC(=O)NC(C)C)c(N)c1. The van der Waals surface area contributed by atoms with Gasteiger partial charge in [0.1, 0.15) is 0 Å². The smallest absolute Gasteiger partial charge is 0.338 e. The van der Waals surface area contributed by atoms with Crippen molar-refractivity contribution in [1.82, 2.24) is 5.32 Å². The zero-order valence-corrected chi connectivity index (χ0v) is 13.0. The standard InChI is InChI=1S/C15H23N3O3/c1-5-21-15(20)11-6-7-13(12(16)8-11)18(4)9-14(19)17-10(2)3/h6-8,10H,5,9,16H2,1-4H3,(H,17,19). The second-order valence-corrected chi connectivity index (χ2v) is 5.07. The fourth-order valence-corrected chi connectivity index (χ4v) is 1.91. The summed E-state index contributed by atoms with van der Waals surface area (Å²) >= 11 is 0. The van der Waals surface area contributed by atoms with E-state index in [1.54, 1.807) is 37.1 Å². The molecule has 0 bridgehead atoms. The van der Waals surface area contributed by atoms with Crippen LogP contribution in [0.15, 0.2) is 18.2 Å². The van der Waals surface area contributed by atoms with Crippen LogP contribution < -0.4 is 16.0 Å². The highest BCUT2D eigenvalue weighted by atomic mass is 16.5. The number of likely N-dealkylation sites (N-methyl/N-ethyl adjacent to an activating group) is 1. The molecule has 0 aliphatic carbocycles. The quantitative estimate of drug-likeness (QED) is 0.612. The van der Waals surface area contributed by atoms with Gasteiger partial charge in [0, 0.05) is 13.1 Å². The Labute approximate surface area is 125 Å². The van der Waals surface area contributed by atoms with Crippen molar-refractivity contribution in [3.8, 4) is 0 Å². The van der Waals surface area contributed by atoms with Crippen molar-refractivity contribution in [3.63, 3.8) is 0 Å². The van der Waals surface area contributed by atoms with E-state index in [1.807, 2.05) is 13.8 Å². The minimum absolute atomic E-state index is 0.0821.